The SMILES string of the molecule is Cc1cc(Cl)cc(NC(=O)Nc2nc(=O)c(-c3ccc(CN(CCCN)CCCNC(=N)N)cc3)c[nH]2)c1. The number of amides is 2. The number of aromatic nitrogens is 2. The number of guanidine groups is 1. The first-order chi connectivity index (χ1) is 18.2. The number of nitrogens with zero attached hydrogens (tertiary/aromatic N) is 2. The Hall–Kier alpha value is -3.93. The van der Waals surface area contributed by atoms with Crippen molar-refractivity contribution in [1.82, 2.24) is 20.2 Å². The van der Waals surface area contributed by atoms with Crippen molar-refractivity contribution in [3.63, 3.8) is 0 Å². The number of rotatable bonds is 12. The Morgan fingerprint density at radius 2 is 1.87 bits per heavy atom. The van der Waals surface area contributed by atoms with Gasteiger partial charge in [0, 0.05) is 36.5 Å². The molecule has 11 nitrogen and oxygen atoms in total. The summed E-state index contributed by atoms with van der Waals surface area (Å²) in [6.07, 6.45) is 3.26. The molecule has 0 aliphatic rings. The monoisotopic (exact) mass is 539 g/mol. The summed E-state index contributed by atoms with van der Waals surface area (Å²) in [6.45, 7) is 5.55. The van der Waals surface area contributed by atoms with Crippen molar-refractivity contribution in [3.8, 4) is 11.1 Å². The van der Waals surface area contributed by atoms with Crippen molar-refractivity contribution in [1.29, 1.82) is 5.41 Å². The smallest absolute Gasteiger partial charge is 0.326 e. The number of anilines is 2. The molecule has 1 aromatic heterocycles. The highest BCUT2D eigenvalue weighted by molar-refractivity contribution is 6.31. The fourth-order valence-corrected chi connectivity index (χ4v) is 4.19. The van der Waals surface area contributed by atoms with Crippen molar-refractivity contribution in [3.05, 3.63) is 75.2 Å². The molecule has 0 atom stereocenters. The number of urea groups is 1. The van der Waals surface area contributed by atoms with E-state index in [1.807, 2.05) is 31.2 Å². The van der Waals surface area contributed by atoms with E-state index in [9.17, 15) is 9.59 Å². The average Bonchev–Trinajstić information content (AvgIpc) is 2.85. The number of nitrogens with two attached hydrogens (primary N) is 2. The molecule has 2 aromatic carbocycles. The van der Waals surface area contributed by atoms with E-state index in [4.69, 9.17) is 28.5 Å². The molecule has 0 bridgehead atoms. The van der Waals surface area contributed by atoms with Crippen molar-refractivity contribution in [2.45, 2.75) is 26.3 Å². The van der Waals surface area contributed by atoms with E-state index in [1.165, 1.54) is 6.20 Å². The maximum atomic E-state index is 12.7. The number of nitrogens with one attached hydrogen (secondary N) is 5. The van der Waals surface area contributed by atoms with Crippen LogP contribution in [0.5, 0.6) is 0 Å². The third-order valence-electron chi connectivity index (χ3n) is 5.65. The maximum absolute atomic E-state index is 12.7. The van der Waals surface area contributed by atoms with E-state index in [2.05, 4.69) is 30.8 Å². The molecule has 2 amide bonds. The summed E-state index contributed by atoms with van der Waals surface area (Å²) >= 11 is 6.03. The molecule has 3 aromatic rings. The quantitative estimate of drug-likeness (QED) is 0.105. The first-order valence-corrected chi connectivity index (χ1v) is 12.7. The normalized spacial score (nSPS) is 10.8. The molecule has 9 N–H and O–H groups in total. The molecule has 12 heteroatoms. The minimum atomic E-state index is -0.553. The summed E-state index contributed by atoms with van der Waals surface area (Å²) in [6, 6.07) is 12.3. The van der Waals surface area contributed by atoms with Gasteiger partial charge in [-0.3, -0.25) is 20.4 Å². The van der Waals surface area contributed by atoms with E-state index < -0.39 is 11.6 Å². The highest BCUT2D eigenvalue weighted by Crippen LogP contribution is 2.19. The number of carbonyl (C=O) groups excluding carboxylic acids is 1. The first-order valence-electron chi connectivity index (χ1n) is 12.3. The number of benzene rings is 2. The molecule has 3 rings (SSSR count). The minimum absolute atomic E-state index is 0.0291. The van der Waals surface area contributed by atoms with Crippen LogP contribution in [-0.2, 0) is 6.54 Å². The van der Waals surface area contributed by atoms with Gasteiger partial charge in [0.25, 0.3) is 5.56 Å². The summed E-state index contributed by atoms with van der Waals surface area (Å²) in [5, 5.41) is 15.8. The lowest BCUT2D eigenvalue weighted by Gasteiger charge is -2.22. The Morgan fingerprint density at radius 3 is 2.53 bits per heavy atom. The maximum Gasteiger partial charge on any atom is 0.326 e. The Morgan fingerprint density at radius 1 is 1.13 bits per heavy atom. The summed E-state index contributed by atoms with van der Waals surface area (Å²) in [5.41, 5.74) is 14.2. The van der Waals surface area contributed by atoms with Crippen LogP contribution in [0.1, 0.15) is 24.0 Å². The van der Waals surface area contributed by atoms with Gasteiger partial charge in [0.2, 0.25) is 5.95 Å². The lowest BCUT2D eigenvalue weighted by molar-refractivity contribution is 0.260. The van der Waals surface area contributed by atoms with Gasteiger partial charge in [0.15, 0.2) is 5.96 Å². The number of hydrogen-bond acceptors (Lipinski definition) is 6. The second-order valence-corrected chi connectivity index (χ2v) is 9.31. The lowest BCUT2D eigenvalue weighted by atomic mass is 10.1. The van der Waals surface area contributed by atoms with Gasteiger partial charge >= 0.3 is 6.03 Å². The number of aromatic amines is 1. The van der Waals surface area contributed by atoms with Gasteiger partial charge in [0.05, 0.1) is 5.56 Å². The molecule has 1 heterocycles. The third kappa shape index (κ3) is 9.18. The third-order valence-corrected chi connectivity index (χ3v) is 5.86. The zero-order valence-corrected chi connectivity index (χ0v) is 22.1. The average molecular weight is 540 g/mol. The van der Waals surface area contributed by atoms with Crippen LogP contribution in [0.15, 0.2) is 53.5 Å². The minimum Gasteiger partial charge on any atom is -0.370 e. The Labute approximate surface area is 226 Å². The number of H-pyrrole nitrogens is 1. The summed E-state index contributed by atoms with van der Waals surface area (Å²) in [7, 11) is 0. The van der Waals surface area contributed by atoms with Gasteiger partial charge in [-0.25, -0.2) is 4.79 Å². The number of hydrogen-bond donors (Lipinski definition) is 7. The van der Waals surface area contributed by atoms with Crippen molar-refractivity contribution in [2.75, 3.05) is 36.8 Å². The number of halogens is 1. The second kappa shape index (κ2) is 14.1. The largest absolute Gasteiger partial charge is 0.370 e. The van der Waals surface area contributed by atoms with Gasteiger partial charge < -0.3 is 27.1 Å². The molecule has 0 fully saturated rings. The summed E-state index contributed by atoms with van der Waals surface area (Å²) < 4.78 is 0. The number of carbonyl (C=O) groups is 1. The fraction of sp³-hybridized carbons (Fsp3) is 0.308. The van der Waals surface area contributed by atoms with Gasteiger partial charge in [-0.05, 0) is 67.7 Å². The van der Waals surface area contributed by atoms with Crippen LogP contribution in [0.3, 0.4) is 0 Å². The predicted octanol–water partition coefficient (Wildman–Crippen LogP) is 3.07. The van der Waals surface area contributed by atoms with Crippen LogP contribution in [0.25, 0.3) is 11.1 Å². The number of aryl methyl sites for hydroxylation is 1. The van der Waals surface area contributed by atoms with Crippen molar-refractivity contribution < 1.29 is 4.79 Å². The van der Waals surface area contributed by atoms with Crippen molar-refractivity contribution >= 4 is 35.2 Å². The first kappa shape index (κ1) is 28.6. The molecular weight excluding hydrogens is 506 g/mol. The van der Waals surface area contributed by atoms with Crippen LogP contribution in [0.2, 0.25) is 5.02 Å². The van der Waals surface area contributed by atoms with Crippen LogP contribution in [0, 0.1) is 12.3 Å². The molecule has 0 unspecified atom stereocenters. The molecule has 0 saturated carbocycles. The van der Waals surface area contributed by atoms with Crippen LogP contribution in [0.4, 0.5) is 16.4 Å². The van der Waals surface area contributed by atoms with Crippen molar-refractivity contribution in [2.24, 2.45) is 11.5 Å². The Kier molecular flexibility index (Phi) is 10.6. The van der Waals surface area contributed by atoms with Gasteiger partial charge in [-0.1, -0.05) is 35.9 Å². The van der Waals surface area contributed by atoms with E-state index in [0.29, 0.717) is 34.9 Å². The summed E-state index contributed by atoms with van der Waals surface area (Å²) in [4.78, 5) is 34.1. The Bertz CT molecular complexity index is 1270. The van der Waals surface area contributed by atoms with Crippen LogP contribution >= 0.6 is 11.6 Å². The highest BCUT2D eigenvalue weighted by Gasteiger charge is 2.11. The molecule has 0 aliphatic heterocycles. The van der Waals surface area contributed by atoms with E-state index in [1.54, 1.807) is 18.2 Å². The zero-order valence-electron chi connectivity index (χ0n) is 21.3. The van der Waals surface area contributed by atoms with Crippen LogP contribution < -0.4 is 33.0 Å². The van der Waals surface area contributed by atoms with Gasteiger partial charge in [0.1, 0.15) is 0 Å². The predicted molar refractivity (Wildman–Crippen MR) is 153 cm³/mol. The standard InChI is InChI=1S/C26H34ClN9O2/c1-17-12-20(27)14-21(13-17)33-26(38)35-25-32-15-22(23(37)34-25)19-6-4-18(5-7-19)16-36(10-2-8-28)11-3-9-31-24(29)30/h4-7,12-15H,2-3,8-11,16,28H2,1H3,(H4,29,30,31)(H3,32,33,34,35,37,38). The lowest BCUT2D eigenvalue weighted by Crippen LogP contribution is -2.34. The van der Waals surface area contributed by atoms with E-state index >= 15 is 0 Å². The second-order valence-electron chi connectivity index (χ2n) is 8.87. The molecule has 38 heavy (non-hydrogen) atoms. The molecule has 0 aliphatic carbocycles. The molecule has 0 saturated heterocycles. The van der Waals surface area contributed by atoms with Gasteiger partial charge in [-0.15, -0.1) is 0 Å². The zero-order chi connectivity index (χ0) is 27.5. The molecule has 0 radical (unpaired) electrons. The van der Waals surface area contributed by atoms with E-state index in [0.717, 1.165) is 43.6 Å². The highest BCUT2D eigenvalue weighted by atomic mass is 35.5. The van der Waals surface area contributed by atoms with Gasteiger partial charge in [-0.2, -0.15) is 4.98 Å². The molecule has 0 spiro atoms. The van der Waals surface area contributed by atoms with E-state index in [-0.39, 0.29) is 11.9 Å². The van der Waals surface area contributed by atoms with Crippen LogP contribution in [-0.4, -0.2) is 53.0 Å². The Balaban J connectivity index is 1.61. The molecule has 202 valence electrons. The topological polar surface area (TPSA) is 178 Å². The fourth-order valence-electron chi connectivity index (χ4n) is 3.90. The molecular formula is C26H34ClN9O2. The summed E-state index contributed by atoms with van der Waals surface area (Å²) in [5.74, 6) is -0.000277.